The highest BCUT2D eigenvalue weighted by Gasteiger charge is 2.23. The third kappa shape index (κ3) is 4.21. The van der Waals surface area contributed by atoms with Gasteiger partial charge in [0.05, 0.1) is 0 Å². The molecule has 100 valence electrons. The van der Waals surface area contributed by atoms with Gasteiger partial charge in [0.15, 0.2) is 0 Å². The van der Waals surface area contributed by atoms with Crippen molar-refractivity contribution in [2.24, 2.45) is 5.92 Å². The number of rotatable bonds is 5. The Bertz CT molecular complexity index is 361. The van der Waals surface area contributed by atoms with Crippen molar-refractivity contribution < 1.29 is 0 Å². The van der Waals surface area contributed by atoms with E-state index in [2.05, 4.69) is 70.9 Å². The van der Waals surface area contributed by atoms with E-state index < -0.39 is 0 Å². The zero-order valence-corrected chi connectivity index (χ0v) is 13.5. The molecule has 0 saturated carbocycles. The Morgan fingerprint density at radius 2 is 2.06 bits per heavy atom. The van der Waals surface area contributed by atoms with Crippen LogP contribution in [0.15, 0.2) is 24.3 Å². The van der Waals surface area contributed by atoms with Gasteiger partial charge in [0, 0.05) is 22.7 Å². The monoisotopic (exact) mass is 358 g/mol. The number of hydrogen-bond donors (Lipinski definition) is 1. The topological polar surface area (TPSA) is 15.3 Å². The lowest BCUT2D eigenvalue weighted by atomic mass is 10.1. The van der Waals surface area contributed by atoms with Crippen molar-refractivity contribution in [2.75, 3.05) is 19.6 Å². The molecule has 1 fully saturated rings. The molecule has 0 radical (unpaired) electrons. The Hall–Kier alpha value is -0.130. The molecule has 0 aliphatic carbocycles. The van der Waals surface area contributed by atoms with Crippen molar-refractivity contribution in [3.05, 3.63) is 33.4 Å². The molecule has 2 nitrogen and oxygen atoms in total. The van der Waals surface area contributed by atoms with Crippen LogP contribution in [0.25, 0.3) is 0 Å². The van der Waals surface area contributed by atoms with E-state index in [1.54, 1.807) is 0 Å². The van der Waals surface area contributed by atoms with E-state index >= 15 is 0 Å². The summed E-state index contributed by atoms with van der Waals surface area (Å²) in [5.41, 5.74) is 1.38. The lowest BCUT2D eigenvalue weighted by Crippen LogP contribution is -2.30. The third-order valence-corrected chi connectivity index (χ3v) is 4.44. The predicted molar refractivity (Wildman–Crippen MR) is 85.7 cm³/mol. The minimum absolute atomic E-state index is 0.700. The second kappa shape index (κ2) is 6.87. The summed E-state index contributed by atoms with van der Waals surface area (Å²) >= 11 is 2.35. The second-order valence-corrected chi connectivity index (χ2v) is 6.75. The maximum Gasteiger partial charge on any atom is 0.0205 e. The van der Waals surface area contributed by atoms with Crippen LogP contribution in [0, 0.1) is 9.49 Å². The van der Waals surface area contributed by atoms with Crippen LogP contribution < -0.4 is 5.32 Å². The molecule has 18 heavy (non-hydrogen) atoms. The number of benzene rings is 1. The average molecular weight is 358 g/mol. The van der Waals surface area contributed by atoms with Crippen LogP contribution in [0.3, 0.4) is 0 Å². The quantitative estimate of drug-likeness (QED) is 0.814. The van der Waals surface area contributed by atoms with Gasteiger partial charge in [0.1, 0.15) is 0 Å². The summed E-state index contributed by atoms with van der Waals surface area (Å²) in [5, 5.41) is 3.59. The number of nitrogens with one attached hydrogen (secondary N) is 1. The minimum Gasteiger partial charge on any atom is -0.312 e. The van der Waals surface area contributed by atoms with Crippen LogP contribution in [0.2, 0.25) is 0 Å². The van der Waals surface area contributed by atoms with Crippen molar-refractivity contribution in [1.82, 2.24) is 10.2 Å². The molecule has 2 rings (SSSR count). The lowest BCUT2D eigenvalue weighted by molar-refractivity contribution is 0.264. The molecule has 1 heterocycles. The summed E-state index contributed by atoms with van der Waals surface area (Å²) in [6.07, 6.45) is 1.35. The van der Waals surface area contributed by atoms with Gasteiger partial charge in [-0.2, -0.15) is 0 Å². The van der Waals surface area contributed by atoms with Crippen molar-refractivity contribution in [1.29, 1.82) is 0 Å². The van der Waals surface area contributed by atoms with Crippen molar-refractivity contribution in [3.63, 3.8) is 0 Å². The van der Waals surface area contributed by atoms with Gasteiger partial charge in [0.25, 0.3) is 0 Å². The van der Waals surface area contributed by atoms with E-state index in [0.29, 0.717) is 6.04 Å². The Labute approximate surface area is 124 Å². The van der Waals surface area contributed by atoms with Gasteiger partial charge in [-0.05, 0) is 79.6 Å². The Morgan fingerprint density at radius 1 is 1.33 bits per heavy atom. The first-order valence-electron chi connectivity index (χ1n) is 6.84. The second-order valence-electron chi connectivity index (χ2n) is 5.50. The first-order valence-corrected chi connectivity index (χ1v) is 7.92. The average Bonchev–Trinajstić information content (AvgIpc) is 2.81. The molecule has 1 aliphatic heterocycles. The fourth-order valence-electron chi connectivity index (χ4n) is 2.52. The molecule has 0 bridgehead atoms. The maximum atomic E-state index is 3.59. The van der Waals surface area contributed by atoms with E-state index in [1.807, 2.05) is 0 Å². The van der Waals surface area contributed by atoms with E-state index in [1.165, 1.54) is 28.6 Å². The van der Waals surface area contributed by atoms with Gasteiger partial charge >= 0.3 is 0 Å². The molecule has 1 aromatic rings. The molecule has 0 spiro atoms. The molecular formula is C15H23IN2. The largest absolute Gasteiger partial charge is 0.312 e. The normalized spacial score (nSPS) is 20.8. The van der Waals surface area contributed by atoms with Crippen LogP contribution >= 0.6 is 22.6 Å². The molecule has 1 atom stereocenters. The van der Waals surface area contributed by atoms with E-state index in [9.17, 15) is 0 Å². The highest BCUT2D eigenvalue weighted by Crippen LogP contribution is 2.17. The highest BCUT2D eigenvalue weighted by molar-refractivity contribution is 14.1. The highest BCUT2D eigenvalue weighted by atomic mass is 127. The minimum atomic E-state index is 0.700. The number of nitrogens with zero attached hydrogens (tertiary/aromatic N) is 1. The van der Waals surface area contributed by atoms with Gasteiger partial charge in [0.2, 0.25) is 0 Å². The molecule has 0 amide bonds. The zero-order valence-electron chi connectivity index (χ0n) is 11.3. The molecular weight excluding hydrogens is 335 g/mol. The standard InChI is InChI=1S/C15H23IN2/c1-12(2)18-8-7-14(11-18)10-17-9-13-3-5-15(16)6-4-13/h3-6,12,14,17H,7-11H2,1-2H3. The first-order chi connectivity index (χ1) is 8.65. The summed E-state index contributed by atoms with van der Waals surface area (Å²) < 4.78 is 1.31. The molecule has 3 heteroatoms. The van der Waals surface area contributed by atoms with Crippen LogP contribution in [-0.4, -0.2) is 30.6 Å². The fraction of sp³-hybridized carbons (Fsp3) is 0.600. The Morgan fingerprint density at radius 3 is 2.67 bits per heavy atom. The first kappa shape index (κ1) is 14.3. The summed E-state index contributed by atoms with van der Waals surface area (Å²) in [5.74, 6) is 0.830. The Kier molecular flexibility index (Phi) is 5.45. The molecule has 1 N–H and O–H groups in total. The van der Waals surface area contributed by atoms with Crippen molar-refractivity contribution in [2.45, 2.75) is 32.9 Å². The van der Waals surface area contributed by atoms with Crippen LogP contribution in [-0.2, 0) is 6.54 Å². The summed E-state index contributed by atoms with van der Waals surface area (Å²) in [6, 6.07) is 9.47. The number of likely N-dealkylation sites (tertiary alicyclic amines) is 1. The molecule has 1 unspecified atom stereocenters. The van der Waals surface area contributed by atoms with Gasteiger partial charge in [-0.1, -0.05) is 12.1 Å². The van der Waals surface area contributed by atoms with Crippen LogP contribution in [0.1, 0.15) is 25.8 Å². The van der Waals surface area contributed by atoms with E-state index in [-0.39, 0.29) is 0 Å². The summed E-state index contributed by atoms with van der Waals surface area (Å²) in [4.78, 5) is 2.58. The predicted octanol–water partition coefficient (Wildman–Crippen LogP) is 3.11. The molecule has 1 aliphatic rings. The smallest absolute Gasteiger partial charge is 0.0205 e. The van der Waals surface area contributed by atoms with Gasteiger partial charge in [-0.15, -0.1) is 0 Å². The number of hydrogen-bond acceptors (Lipinski definition) is 2. The van der Waals surface area contributed by atoms with Crippen LogP contribution in [0.4, 0.5) is 0 Å². The molecule has 0 aromatic heterocycles. The number of halogens is 1. The summed E-state index contributed by atoms with van der Waals surface area (Å²) in [6.45, 7) is 9.26. The fourth-order valence-corrected chi connectivity index (χ4v) is 2.88. The maximum absolute atomic E-state index is 3.59. The van der Waals surface area contributed by atoms with Crippen molar-refractivity contribution >= 4 is 22.6 Å². The summed E-state index contributed by atoms with van der Waals surface area (Å²) in [7, 11) is 0. The Balaban J connectivity index is 1.68. The lowest BCUT2D eigenvalue weighted by Gasteiger charge is -2.20. The molecule has 1 saturated heterocycles. The van der Waals surface area contributed by atoms with Gasteiger partial charge < -0.3 is 10.2 Å². The molecule has 1 aromatic carbocycles. The third-order valence-electron chi connectivity index (χ3n) is 3.72. The zero-order chi connectivity index (χ0) is 13.0. The van der Waals surface area contributed by atoms with Gasteiger partial charge in [-0.3, -0.25) is 0 Å². The van der Waals surface area contributed by atoms with E-state index in [0.717, 1.165) is 19.0 Å². The van der Waals surface area contributed by atoms with Crippen molar-refractivity contribution in [3.8, 4) is 0 Å². The van der Waals surface area contributed by atoms with E-state index in [4.69, 9.17) is 0 Å². The van der Waals surface area contributed by atoms with Gasteiger partial charge in [-0.25, -0.2) is 0 Å². The van der Waals surface area contributed by atoms with Crippen LogP contribution in [0.5, 0.6) is 0 Å². The SMILES string of the molecule is CC(C)N1CCC(CNCc2ccc(I)cc2)C1.